The minimum absolute atomic E-state index is 0.0207. The molecule has 0 spiro atoms. The van der Waals surface area contributed by atoms with Gasteiger partial charge in [0.25, 0.3) is 0 Å². The van der Waals surface area contributed by atoms with Crippen LogP contribution in [0.25, 0.3) is 0 Å². The molecule has 98 valence electrons. The average molecular weight is 268 g/mol. The smallest absolute Gasteiger partial charge is 0.221 e. The first kappa shape index (κ1) is 12.9. The van der Waals surface area contributed by atoms with Crippen molar-refractivity contribution in [3.8, 4) is 0 Å². The molecule has 3 N–H and O–H groups in total. The van der Waals surface area contributed by atoms with Gasteiger partial charge in [-0.1, -0.05) is 12.1 Å². The monoisotopic (exact) mass is 268 g/mol. The van der Waals surface area contributed by atoms with Gasteiger partial charge in [0.15, 0.2) is 9.84 Å². The fourth-order valence-corrected chi connectivity index (χ4v) is 3.02. The van der Waals surface area contributed by atoms with Gasteiger partial charge in [-0.25, -0.2) is 8.42 Å². The highest BCUT2D eigenvalue weighted by atomic mass is 32.2. The van der Waals surface area contributed by atoms with Gasteiger partial charge >= 0.3 is 0 Å². The van der Waals surface area contributed by atoms with E-state index in [4.69, 9.17) is 5.73 Å². The number of carbonyl (C=O) groups excluding carboxylic acids is 1. The number of carbonyl (C=O) groups is 1. The Morgan fingerprint density at radius 2 is 2.00 bits per heavy atom. The molecule has 1 amide bonds. The van der Waals surface area contributed by atoms with Crippen LogP contribution in [0.4, 0.5) is 5.69 Å². The quantitative estimate of drug-likeness (QED) is 0.770. The van der Waals surface area contributed by atoms with Crippen molar-refractivity contribution in [3.63, 3.8) is 0 Å². The molecule has 0 atom stereocenters. The summed E-state index contributed by atoms with van der Waals surface area (Å²) in [6.45, 7) is 0. The van der Waals surface area contributed by atoms with E-state index in [-0.39, 0.29) is 34.7 Å². The van der Waals surface area contributed by atoms with Crippen LogP contribution in [-0.4, -0.2) is 26.1 Å². The van der Waals surface area contributed by atoms with Crippen LogP contribution < -0.4 is 11.1 Å². The second-order valence-corrected chi connectivity index (χ2v) is 6.53. The van der Waals surface area contributed by atoms with E-state index in [9.17, 15) is 13.2 Å². The van der Waals surface area contributed by atoms with E-state index in [1.165, 1.54) is 12.1 Å². The van der Waals surface area contributed by atoms with Gasteiger partial charge in [-0.3, -0.25) is 4.79 Å². The number of para-hydroxylation sites is 1. The Kier molecular flexibility index (Phi) is 3.56. The number of nitrogens with two attached hydrogens (primary N) is 1. The fraction of sp³-hybridized carbons (Fsp3) is 0.417. The van der Waals surface area contributed by atoms with Crippen LogP contribution in [0, 0.1) is 0 Å². The lowest BCUT2D eigenvalue weighted by molar-refractivity contribution is -0.120. The van der Waals surface area contributed by atoms with Crippen LogP contribution in [0.1, 0.15) is 19.3 Å². The molecule has 18 heavy (non-hydrogen) atoms. The molecule has 5 nitrogen and oxygen atoms in total. The Balaban J connectivity index is 1.98. The van der Waals surface area contributed by atoms with Crippen molar-refractivity contribution in [1.82, 2.24) is 5.32 Å². The molecule has 0 aromatic heterocycles. The van der Waals surface area contributed by atoms with Crippen LogP contribution in [0.2, 0.25) is 0 Å². The number of nitrogen functional groups attached to an aromatic ring is 1. The summed E-state index contributed by atoms with van der Waals surface area (Å²) in [7, 11) is -3.49. The maximum Gasteiger partial charge on any atom is 0.221 e. The lowest BCUT2D eigenvalue weighted by Crippen LogP contribution is -2.27. The average Bonchev–Trinajstić information content (AvgIpc) is 3.11. The largest absolute Gasteiger partial charge is 0.398 e. The van der Waals surface area contributed by atoms with Gasteiger partial charge in [0.05, 0.1) is 16.3 Å². The molecule has 0 saturated heterocycles. The van der Waals surface area contributed by atoms with Gasteiger partial charge in [0, 0.05) is 12.5 Å². The SMILES string of the molecule is Nc1ccccc1S(=O)(=O)CCC(=O)NC1CC1. The lowest BCUT2D eigenvalue weighted by atomic mass is 10.3. The zero-order valence-electron chi connectivity index (χ0n) is 9.93. The minimum Gasteiger partial charge on any atom is -0.398 e. The number of sulfone groups is 1. The summed E-state index contributed by atoms with van der Waals surface area (Å²) in [6.07, 6.45) is 1.96. The number of amides is 1. The second kappa shape index (κ2) is 4.97. The number of hydrogen-bond donors (Lipinski definition) is 2. The summed E-state index contributed by atoms with van der Waals surface area (Å²) in [6, 6.07) is 6.55. The molecule has 1 aliphatic rings. The zero-order valence-corrected chi connectivity index (χ0v) is 10.7. The summed E-state index contributed by atoms with van der Waals surface area (Å²) < 4.78 is 24.0. The summed E-state index contributed by atoms with van der Waals surface area (Å²) in [5.41, 5.74) is 5.85. The van der Waals surface area contributed by atoms with Crippen molar-refractivity contribution in [2.24, 2.45) is 0 Å². The van der Waals surface area contributed by atoms with Crippen molar-refractivity contribution >= 4 is 21.4 Å². The highest BCUT2D eigenvalue weighted by molar-refractivity contribution is 7.91. The molecule has 1 aromatic carbocycles. The van der Waals surface area contributed by atoms with Crippen molar-refractivity contribution in [2.45, 2.75) is 30.2 Å². The Hall–Kier alpha value is -1.56. The second-order valence-electron chi connectivity index (χ2n) is 4.45. The maximum absolute atomic E-state index is 12.0. The van der Waals surface area contributed by atoms with E-state index >= 15 is 0 Å². The van der Waals surface area contributed by atoms with Gasteiger partial charge in [-0.05, 0) is 25.0 Å². The zero-order chi connectivity index (χ0) is 13.2. The van der Waals surface area contributed by atoms with E-state index in [0.29, 0.717) is 0 Å². The summed E-state index contributed by atoms with van der Waals surface area (Å²) in [4.78, 5) is 11.6. The Morgan fingerprint density at radius 3 is 2.61 bits per heavy atom. The number of rotatable bonds is 5. The molecule has 6 heteroatoms. The van der Waals surface area contributed by atoms with Crippen LogP contribution in [0.5, 0.6) is 0 Å². The van der Waals surface area contributed by atoms with Crippen LogP contribution in [0.15, 0.2) is 29.2 Å². The molecule has 1 saturated carbocycles. The standard InChI is InChI=1S/C12H16N2O3S/c13-10-3-1-2-4-11(10)18(16,17)8-7-12(15)14-9-5-6-9/h1-4,9H,5-8,13H2,(H,14,15). The minimum atomic E-state index is -3.49. The fourth-order valence-electron chi connectivity index (χ4n) is 1.63. The van der Waals surface area contributed by atoms with Crippen molar-refractivity contribution in [3.05, 3.63) is 24.3 Å². The molecule has 0 radical (unpaired) electrons. The molecule has 2 rings (SSSR count). The summed E-state index contributed by atoms with van der Waals surface area (Å²) in [5, 5.41) is 2.76. The van der Waals surface area contributed by atoms with Crippen molar-refractivity contribution < 1.29 is 13.2 Å². The number of anilines is 1. The molecule has 1 fully saturated rings. The number of hydrogen-bond acceptors (Lipinski definition) is 4. The van der Waals surface area contributed by atoms with Crippen molar-refractivity contribution in [2.75, 3.05) is 11.5 Å². The predicted octanol–water partition coefficient (Wildman–Crippen LogP) is 0.711. The Morgan fingerprint density at radius 1 is 1.33 bits per heavy atom. The van der Waals surface area contributed by atoms with Crippen molar-refractivity contribution in [1.29, 1.82) is 0 Å². The third kappa shape index (κ3) is 3.22. The molecule has 0 bridgehead atoms. The van der Waals surface area contributed by atoms with Crippen LogP contribution in [-0.2, 0) is 14.6 Å². The topological polar surface area (TPSA) is 89.3 Å². The maximum atomic E-state index is 12.0. The van der Waals surface area contributed by atoms with Gasteiger partial charge in [-0.2, -0.15) is 0 Å². The predicted molar refractivity (Wildman–Crippen MR) is 68.7 cm³/mol. The molecule has 0 unspecified atom stereocenters. The summed E-state index contributed by atoms with van der Waals surface area (Å²) >= 11 is 0. The number of nitrogens with one attached hydrogen (secondary N) is 1. The van der Waals surface area contributed by atoms with E-state index in [2.05, 4.69) is 5.32 Å². The van der Waals surface area contributed by atoms with E-state index in [0.717, 1.165) is 12.8 Å². The first-order chi connectivity index (χ1) is 8.49. The molecule has 1 aliphatic carbocycles. The first-order valence-electron chi connectivity index (χ1n) is 5.86. The van der Waals surface area contributed by atoms with E-state index in [1.807, 2.05) is 0 Å². The molecular formula is C12H16N2O3S. The van der Waals surface area contributed by atoms with Gasteiger partial charge in [-0.15, -0.1) is 0 Å². The molecule has 0 aliphatic heterocycles. The molecule has 1 aromatic rings. The van der Waals surface area contributed by atoms with Crippen LogP contribution >= 0.6 is 0 Å². The lowest BCUT2D eigenvalue weighted by Gasteiger charge is -2.07. The number of benzene rings is 1. The van der Waals surface area contributed by atoms with E-state index in [1.54, 1.807) is 12.1 Å². The van der Waals surface area contributed by atoms with Gasteiger partial charge in [0.2, 0.25) is 5.91 Å². The summed E-state index contributed by atoms with van der Waals surface area (Å²) in [5.74, 6) is -0.421. The first-order valence-corrected chi connectivity index (χ1v) is 7.51. The molecular weight excluding hydrogens is 252 g/mol. The van der Waals surface area contributed by atoms with Crippen LogP contribution in [0.3, 0.4) is 0 Å². The van der Waals surface area contributed by atoms with E-state index < -0.39 is 9.84 Å². The molecule has 0 heterocycles. The normalized spacial score (nSPS) is 15.3. The Labute approximate surface area is 106 Å². The highest BCUT2D eigenvalue weighted by Crippen LogP contribution is 2.20. The Bertz CT molecular complexity index is 550. The third-order valence-electron chi connectivity index (χ3n) is 2.79. The van der Waals surface area contributed by atoms with Gasteiger partial charge < -0.3 is 11.1 Å². The highest BCUT2D eigenvalue weighted by Gasteiger charge is 2.24. The van der Waals surface area contributed by atoms with Gasteiger partial charge in [0.1, 0.15) is 0 Å². The third-order valence-corrected chi connectivity index (χ3v) is 4.58.